The van der Waals surface area contributed by atoms with Gasteiger partial charge in [0.05, 0.1) is 0 Å². The molecule has 124 valence electrons. The van der Waals surface area contributed by atoms with Gasteiger partial charge in [-0.15, -0.1) is 0 Å². The third-order valence-electron chi connectivity index (χ3n) is 4.63. The number of ether oxygens (including phenoxy) is 1. The smallest absolute Gasteiger partial charge is 0.251 e. The van der Waals surface area contributed by atoms with Crippen molar-refractivity contribution in [2.24, 2.45) is 0 Å². The molecule has 2 heterocycles. The van der Waals surface area contributed by atoms with E-state index in [0.29, 0.717) is 25.3 Å². The van der Waals surface area contributed by atoms with E-state index in [0.717, 1.165) is 32.1 Å². The molecule has 2 fully saturated rings. The van der Waals surface area contributed by atoms with Crippen molar-refractivity contribution in [3.05, 3.63) is 35.9 Å². The first kappa shape index (κ1) is 16.0. The molecule has 5 nitrogen and oxygen atoms in total. The number of nitrogens with one attached hydrogen (secondary N) is 1. The van der Waals surface area contributed by atoms with Gasteiger partial charge in [-0.05, 0) is 44.2 Å². The number of hydrogen-bond donors (Lipinski definition) is 1. The Kier molecular flexibility index (Phi) is 5.28. The van der Waals surface area contributed by atoms with Crippen LogP contribution in [0.1, 0.15) is 42.5 Å². The summed E-state index contributed by atoms with van der Waals surface area (Å²) in [5.74, 6) is 0.0866. The van der Waals surface area contributed by atoms with Crippen molar-refractivity contribution < 1.29 is 14.3 Å². The van der Waals surface area contributed by atoms with Crippen LogP contribution in [0.5, 0.6) is 0 Å². The second-order valence-corrected chi connectivity index (χ2v) is 6.29. The van der Waals surface area contributed by atoms with Gasteiger partial charge in [-0.3, -0.25) is 9.59 Å². The molecule has 1 aromatic rings. The number of rotatable bonds is 3. The second-order valence-electron chi connectivity index (χ2n) is 6.29. The summed E-state index contributed by atoms with van der Waals surface area (Å²) in [4.78, 5) is 26.5. The van der Waals surface area contributed by atoms with Crippen molar-refractivity contribution >= 4 is 11.8 Å². The number of benzene rings is 1. The number of hydrogen-bond acceptors (Lipinski definition) is 3. The van der Waals surface area contributed by atoms with Gasteiger partial charge in [-0.1, -0.05) is 18.2 Å². The summed E-state index contributed by atoms with van der Waals surface area (Å²) in [7, 11) is 0. The van der Waals surface area contributed by atoms with Gasteiger partial charge in [0.1, 0.15) is 6.10 Å². The average molecular weight is 316 g/mol. The highest BCUT2D eigenvalue weighted by molar-refractivity contribution is 5.94. The molecule has 2 aliphatic rings. The number of amides is 2. The second kappa shape index (κ2) is 7.59. The van der Waals surface area contributed by atoms with Gasteiger partial charge in [0.25, 0.3) is 11.8 Å². The summed E-state index contributed by atoms with van der Waals surface area (Å²) < 4.78 is 5.58. The van der Waals surface area contributed by atoms with Gasteiger partial charge < -0.3 is 15.0 Å². The van der Waals surface area contributed by atoms with Crippen LogP contribution in [0.15, 0.2) is 30.3 Å². The molecule has 5 heteroatoms. The zero-order valence-electron chi connectivity index (χ0n) is 13.4. The minimum atomic E-state index is -0.251. The molecule has 1 N–H and O–H groups in total. The maximum atomic E-state index is 12.4. The molecule has 23 heavy (non-hydrogen) atoms. The first-order valence-electron chi connectivity index (χ1n) is 8.50. The summed E-state index contributed by atoms with van der Waals surface area (Å²) in [5, 5.41) is 3.07. The quantitative estimate of drug-likeness (QED) is 0.927. The number of carbonyl (C=O) groups excluding carboxylic acids is 2. The van der Waals surface area contributed by atoms with E-state index in [1.807, 2.05) is 35.2 Å². The number of nitrogens with zero attached hydrogens (tertiary/aromatic N) is 1. The Morgan fingerprint density at radius 1 is 1.04 bits per heavy atom. The molecule has 0 bridgehead atoms. The van der Waals surface area contributed by atoms with E-state index < -0.39 is 0 Å². The number of piperidine rings is 1. The molecule has 2 amide bonds. The molecule has 2 aliphatic heterocycles. The fourth-order valence-corrected chi connectivity index (χ4v) is 3.24. The zero-order chi connectivity index (χ0) is 16.1. The van der Waals surface area contributed by atoms with E-state index in [1.54, 1.807) is 0 Å². The molecule has 1 aromatic carbocycles. The Hall–Kier alpha value is -1.88. The molecule has 1 unspecified atom stereocenters. The first-order valence-corrected chi connectivity index (χ1v) is 8.50. The van der Waals surface area contributed by atoms with Crippen LogP contribution in [-0.2, 0) is 9.53 Å². The minimum absolute atomic E-state index is 0.0361. The highest BCUT2D eigenvalue weighted by Crippen LogP contribution is 2.18. The fourth-order valence-electron chi connectivity index (χ4n) is 3.24. The zero-order valence-corrected chi connectivity index (χ0v) is 13.4. The summed E-state index contributed by atoms with van der Waals surface area (Å²) >= 11 is 0. The van der Waals surface area contributed by atoms with Crippen LogP contribution in [-0.4, -0.2) is 48.6 Å². The molecule has 2 saturated heterocycles. The molecule has 0 spiro atoms. The number of likely N-dealkylation sites (tertiary alicyclic amines) is 1. The maximum absolute atomic E-state index is 12.4. The summed E-state index contributed by atoms with van der Waals surface area (Å²) in [5.41, 5.74) is 0.682. The van der Waals surface area contributed by atoms with Crippen LogP contribution in [0.2, 0.25) is 0 Å². The molecule has 0 radical (unpaired) electrons. The standard InChI is InChI=1S/C18H24N2O3/c21-17(14-6-2-1-3-7-14)19-15-9-11-20(12-10-15)18(22)16-8-4-5-13-23-16/h1-3,6-7,15-16H,4-5,8-13H2,(H,19,21). The largest absolute Gasteiger partial charge is 0.368 e. The maximum Gasteiger partial charge on any atom is 0.251 e. The lowest BCUT2D eigenvalue weighted by Crippen LogP contribution is -2.50. The predicted octanol–water partition coefficient (Wildman–Crippen LogP) is 1.98. The molecule has 0 aliphatic carbocycles. The van der Waals surface area contributed by atoms with Crippen molar-refractivity contribution in [2.75, 3.05) is 19.7 Å². The highest BCUT2D eigenvalue weighted by Gasteiger charge is 2.30. The molecule has 0 aromatic heterocycles. The number of carbonyl (C=O) groups is 2. The fraction of sp³-hybridized carbons (Fsp3) is 0.556. The van der Waals surface area contributed by atoms with Crippen molar-refractivity contribution in [1.29, 1.82) is 0 Å². The summed E-state index contributed by atoms with van der Waals surface area (Å²) in [6.45, 7) is 2.08. The van der Waals surface area contributed by atoms with Crippen LogP contribution in [0.25, 0.3) is 0 Å². The molecule has 3 rings (SSSR count). The van der Waals surface area contributed by atoms with E-state index in [1.165, 1.54) is 0 Å². The molecular formula is C18H24N2O3. The van der Waals surface area contributed by atoms with E-state index in [4.69, 9.17) is 4.74 Å². The third-order valence-corrected chi connectivity index (χ3v) is 4.63. The monoisotopic (exact) mass is 316 g/mol. The van der Waals surface area contributed by atoms with Crippen LogP contribution < -0.4 is 5.32 Å². The molecular weight excluding hydrogens is 292 g/mol. The van der Waals surface area contributed by atoms with E-state index in [9.17, 15) is 9.59 Å². The summed E-state index contributed by atoms with van der Waals surface area (Å²) in [6, 6.07) is 9.39. The lowest BCUT2D eigenvalue weighted by atomic mass is 10.0. The van der Waals surface area contributed by atoms with Crippen molar-refractivity contribution in [3.63, 3.8) is 0 Å². The SMILES string of the molecule is O=C(NC1CCN(C(=O)C2CCCCO2)CC1)c1ccccc1. The first-order chi connectivity index (χ1) is 11.2. The van der Waals surface area contributed by atoms with E-state index >= 15 is 0 Å². The van der Waals surface area contributed by atoms with Crippen LogP contribution in [0.3, 0.4) is 0 Å². The Bertz CT molecular complexity index is 532. The van der Waals surface area contributed by atoms with Crippen molar-refractivity contribution in [3.8, 4) is 0 Å². The van der Waals surface area contributed by atoms with E-state index in [2.05, 4.69) is 5.32 Å². The van der Waals surface area contributed by atoms with Crippen molar-refractivity contribution in [2.45, 2.75) is 44.2 Å². The summed E-state index contributed by atoms with van der Waals surface area (Å²) in [6.07, 6.45) is 4.31. The van der Waals surface area contributed by atoms with Crippen LogP contribution >= 0.6 is 0 Å². The van der Waals surface area contributed by atoms with Gasteiger partial charge >= 0.3 is 0 Å². The van der Waals surface area contributed by atoms with Gasteiger partial charge in [0.15, 0.2) is 0 Å². The topological polar surface area (TPSA) is 58.6 Å². The molecule has 0 saturated carbocycles. The van der Waals surface area contributed by atoms with Crippen LogP contribution in [0, 0.1) is 0 Å². The van der Waals surface area contributed by atoms with Gasteiger partial charge in [0, 0.05) is 31.3 Å². The predicted molar refractivity (Wildman–Crippen MR) is 87.1 cm³/mol. The van der Waals surface area contributed by atoms with Gasteiger partial charge in [-0.25, -0.2) is 0 Å². The highest BCUT2D eigenvalue weighted by atomic mass is 16.5. The van der Waals surface area contributed by atoms with Gasteiger partial charge in [0.2, 0.25) is 0 Å². The Labute approximate surface area is 137 Å². The average Bonchev–Trinajstić information content (AvgIpc) is 2.63. The van der Waals surface area contributed by atoms with Crippen LogP contribution in [0.4, 0.5) is 0 Å². The Morgan fingerprint density at radius 3 is 2.43 bits per heavy atom. The van der Waals surface area contributed by atoms with E-state index in [-0.39, 0.29) is 24.0 Å². The molecule has 1 atom stereocenters. The minimum Gasteiger partial charge on any atom is -0.368 e. The van der Waals surface area contributed by atoms with Gasteiger partial charge in [-0.2, -0.15) is 0 Å². The lowest BCUT2D eigenvalue weighted by Gasteiger charge is -2.35. The lowest BCUT2D eigenvalue weighted by molar-refractivity contribution is -0.147. The normalized spacial score (nSPS) is 22.6. The van der Waals surface area contributed by atoms with Crippen molar-refractivity contribution in [1.82, 2.24) is 10.2 Å². The third kappa shape index (κ3) is 4.10. The Morgan fingerprint density at radius 2 is 1.78 bits per heavy atom. The Balaban J connectivity index is 1.46.